The lowest BCUT2D eigenvalue weighted by atomic mass is 10.0. The number of hydrogen-bond acceptors (Lipinski definition) is 2. The Morgan fingerprint density at radius 3 is 2.50 bits per heavy atom. The van der Waals surface area contributed by atoms with Gasteiger partial charge in [0.05, 0.1) is 6.61 Å². The molecule has 0 fully saturated rings. The normalized spacial score (nSPS) is 12.2. The number of unbranched alkanes of at least 4 members (excludes halogenated alkanes) is 1. The van der Waals surface area contributed by atoms with E-state index in [9.17, 15) is 0 Å². The minimum atomic E-state index is 0.340. The Labute approximate surface area is 111 Å². The fourth-order valence-electron chi connectivity index (χ4n) is 1.87. The van der Waals surface area contributed by atoms with Crippen molar-refractivity contribution < 1.29 is 4.74 Å². The van der Waals surface area contributed by atoms with E-state index in [1.54, 1.807) is 0 Å². The summed E-state index contributed by atoms with van der Waals surface area (Å²) in [6.45, 7) is 9.00. The molecule has 0 saturated carbocycles. The van der Waals surface area contributed by atoms with E-state index in [0.717, 1.165) is 25.2 Å². The smallest absolute Gasteiger partial charge is 0.119 e. The monoisotopic (exact) mass is 247 g/mol. The zero-order valence-corrected chi connectivity index (χ0v) is 11.8. The summed E-state index contributed by atoms with van der Waals surface area (Å²) < 4.78 is 5.66. The summed E-state index contributed by atoms with van der Waals surface area (Å²) in [5.41, 5.74) is 2.47. The largest absolute Gasteiger partial charge is 0.494 e. The van der Waals surface area contributed by atoms with Crippen LogP contribution >= 0.6 is 0 Å². The van der Waals surface area contributed by atoms with Crippen molar-refractivity contribution in [1.82, 2.24) is 5.32 Å². The lowest BCUT2D eigenvalue weighted by Gasteiger charge is -2.17. The highest BCUT2D eigenvalue weighted by Gasteiger charge is 2.08. The van der Waals surface area contributed by atoms with Gasteiger partial charge in [-0.15, -0.1) is 6.58 Å². The van der Waals surface area contributed by atoms with Gasteiger partial charge in [-0.3, -0.25) is 0 Å². The van der Waals surface area contributed by atoms with Crippen LogP contribution in [0.5, 0.6) is 5.75 Å². The number of nitrogens with one attached hydrogen (secondary N) is 1. The standard InChI is InChI=1S/C16H25NO/c1-5-6-11-18-15-9-7-14(8-10-15)16(17-4)12-13(2)3/h7-10,16-17H,2,5-6,11-12H2,1,3-4H3. The Bertz CT molecular complexity index is 356. The van der Waals surface area contributed by atoms with Gasteiger partial charge in [-0.2, -0.15) is 0 Å². The van der Waals surface area contributed by atoms with Crippen LogP contribution in [0.1, 0.15) is 44.7 Å². The van der Waals surface area contributed by atoms with Gasteiger partial charge in [-0.25, -0.2) is 0 Å². The van der Waals surface area contributed by atoms with Crippen molar-refractivity contribution in [2.45, 2.75) is 39.2 Å². The van der Waals surface area contributed by atoms with Crippen molar-refractivity contribution in [1.29, 1.82) is 0 Å². The van der Waals surface area contributed by atoms with Crippen LogP contribution in [0.4, 0.5) is 0 Å². The first-order valence-electron chi connectivity index (χ1n) is 6.71. The molecular formula is C16H25NO. The molecule has 1 aromatic carbocycles. The lowest BCUT2D eigenvalue weighted by molar-refractivity contribution is 0.309. The van der Waals surface area contributed by atoms with Gasteiger partial charge in [0.25, 0.3) is 0 Å². The van der Waals surface area contributed by atoms with E-state index < -0.39 is 0 Å². The van der Waals surface area contributed by atoms with Crippen molar-refractivity contribution in [3.8, 4) is 5.75 Å². The Hall–Kier alpha value is -1.28. The van der Waals surface area contributed by atoms with Gasteiger partial charge in [0, 0.05) is 6.04 Å². The van der Waals surface area contributed by atoms with Crippen LogP contribution in [0.25, 0.3) is 0 Å². The van der Waals surface area contributed by atoms with Gasteiger partial charge >= 0.3 is 0 Å². The molecule has 0 aliphatic heterocycles. The second-order valence-electron chi connectivity index (χ2n) is 4.77. The molecule has 0 amide bonds. The molecule has 2 nitrogen and oxygen atoms in total. The topological polar surface area (TPSA) is 21.3 Å². The van der Waals surface area contributed by atoms with Crippen molar-refractivity contribution in [3.63, 3.8) is 0 Å². The molecule has 1 N–H and O–H groups in total. The fourth-order valence-corrected chi connectivity index (χ4v) is 1.87. The molecule has 0 bridgehead atoms. The van der Waals surface area contributed by atoms with E-state index in [1.807, 2.05) is 19.2 Å². The summed E-state index contributed by atoms with van der Waals surface area (Å²) in [7, 11) is 1.99. The highest BCUT2D eigenvalue weighted by molar-refractivity contribution is 5.29. The molecule has 1 rings (SSSR count). The van der Waals surface area contributed by atoms with E-state index in [-0.39, 0.29) is 0 Å². The summed E-state index contributed by atoms with van der Waals surface area (Å²) in [6, 6.07) is 8.70. The minimum Gasteiger partial charge on any atom is -0.494 e. The Morgan fingerprint density at radius 1 is 1.33 bits per heavy atom. The number of hydrogen-bond donors (Lipinski definition) is 1. The molecule has 0 aromatic heterocycles. The summed E-state index contributed by atoms with van der Waals surface area (Å²) in [5.74, 6) is 0.956. The molecule has 0 heterocycles. The second kappa shape index (κ2) is 7.93. The average molecular weight is 247 g/mol. The molecule has 100 valence electrons. The zero-order valence-electron chi connectivity index (χ0n) is 11.8. The zero-order chi connectivity index (χ0) is 13.4. The maximum atomic E-state index is 5.66. The lowest BCUT2D eigenvalue weighted by Crippen LogP contribution is -2.16. The Morgan fingerprint density at radius 2 is 2.00 bits per heavy atom. The van der Waals surface area contributed by atoms with Crippen molar-refractivity contribution in [3.05, 3.63) is 42.0 Å². The van der Waals surface area contributed by atoms with Gasteiger partial charge in [0.1, 0.15) is 5.75 Å². The number of benzene rings is 1. The van der Waals surface area contributed by atoms with Gasteiger partial charge < -0.3 is 10.1 Å². The van der Waals surface area contributed by atoms with E-state index in [4.69, 9.17) is 4.74 Å². The molecule has 1 aromatic rings. The Kier molecular flexibility index (Phi) is 6.51. The predicted molar refractivity (Wildman–Crippen MR) is 78.1 cm³/mol. The van der Waals surface area contributed by atoms with Crippen molar-refractivity contribution in [2.24, 2.45) is 0 Å². The molecule has 0 aliphatic rings. The summed E-state index contributed by atoms with van der Waals surface area (Å²) in [6.07, 6.45) is 3.24. The first-order chi connectivity index (χ1) is 8.67. The predicted octanol–water partition coefficient (Wildman–Crippen LogP) is 4.09. The van der Waals surface area contributed by atoms with Crippen molar-refractivity contribution >= 4 is 0 Å². The van der Waals surface area contributed by atoms with Gasteiger partial charge in [-0.05, 0) is 44.5 Å². The number of ether oxygens (including phenoxy) is 1. The molecular weight excluding hydrogens is 222 g/mol. The molecule has 1 atom stereocenters. The first-order valence-corrected chi connectivity index (χ1v) is 6.71. The van der Waals surface area contributed by atoms with Crippen LogP contribution in [0.3, 0.4) is 0 Å². The molecule has 0 spiro atoms. The van der Waals surface area contributed by atoms with E-state index in [0.29, 0.717) is 6.04 Å². The maximum Gasteiger partial charge on any atom is 0.119 e. The van der Waals surface area contributed by atoms with Crippen LogP contribution in [0.2, 0.25) is 0 Å². The third-order valence-electron chi connectivity index (χ3n) is 2.95. The molecule has 0 aliphatic carbocycles. The average Bonchev–Trinajstić information content (AvgIpc) is 2.37. The summed E-state index contributed by atoms with van der Waals surface area (Å²) >= 11 is 0. The number of rotatable bonds is 8. The van der Waals surface area contributed by atoms with Gasteiger partial charge in [0.15, 0.2) is 0 Å². The van der Waals surface area contributed by atoms with Gasteiger partial charge in [0.2, 0.25) is 0 Å². The van der Waals surface area contributed by atoms with Crippen LogP contribution in [0.15, 0.2) is 36.4 Å². The quantitative estimate of drug-likeness (QED) is 0.552. The third-order valence-corrected chi connectivity index (χ3v) is 2.95. The Balaban J connectivity index is 2.59. The SMILES string of the molecule is C=C(C)CC(NC)c1ccc(OCCCC)cc1. The highest BCUT2D eigenvalue weighted by Crippen LogP contribution is 2.22. The van der Waals surface area contributed by atoms with Crippen LogP contribution in [-0.4, -0.2) is 13.7 Å². The fraction of sp³-hybridized carbons (Fsp3) is 0.500. The molecule has 2 heteroatoms. The molecule has 1 unspecified atom stereocenters. The van der Waals surface area contributed by atoms with Gasteiger partial charge in [-0.1, -0.05) is 31.1 Å². The first kappa shape index (κ1) is 14.8. The van der Waals surface area contributed by atoms with Crippen molar-refractivity contribution in [2.75, 3.05) is 13.7 Å². The summed E-state index contributed by atoms with van der Waals surface area (Å²) in [4.78, 5) is 0. The molecule has 0 radical (unpaired) electrons. The third kappa shape index (κ3) is 4.92. The van der Waals surface area contributed by atoms with Crippen LogP contribution in [0, 0.1) is 0 Å². The minimum absolute atomic E-state index is 0.340. The van der Waals surface area contributed by atoms with Crippen LogP contribution < -0.4 is 10.1 Å². The molecule has 0 saturated heterocycles. The highest BCUT2D eigenvalue weighted by atomic mass is 16.5. The molecule has 18 heavy (non-hydrogen) atoms. The van der Waals surface area contributed by atoms with E-state index in [2.05, 4.69) is 37.9 Å². The van der Waals surface area contributed by atoms with Crippen LogP contribution in [-0.2, 0) is 0 Å². The second-order valence-corrected chi connectivity index (χ2v) is 4.77. The summed E-state index contributed by atoms with van der Waals surface area (Å²) in [5, 5.41) is 3.32. The van der Waals surface area contributed by atoms with E-state index >= 15 is 0 Å². The van der Waals surface area contributed by atoms with E-state index in [1.165, 1.54) is 17.6 Å². The maximum absolute atomic E-state index is 5.66.